The number of carbonyl (C=O) groups is 2. The Balaban J connectivity index is 2.60. The predicted molar refractivity (Wildman–Crippen MR) is 80.2 cm³/mol. The van der Waals surface area contributed by atoms with Gasteiger partial charge in [-0.1, -0.05) is 23.7 Å². The molecule has 1 aromatic carbocycles. The van der Waals surface area contributed by atoms with E-state index in [1.807, 2.05) is 0 Å². The summed E-state index contributed by atoms with van der Waals surface area (Å²) in [4.78, 5) is 23.0. The van der Waals surface area contributed by atoms with Gasteiger partial charge in [0.25, 0.3) is 0 Å². The Kier molecular flexibility index (Phi) is 7.56. The number of nitrogens with one attached hydrogen (secondary N) is 1. The van der Waals surface area contributed by atoms with E-state index in [-0.39, 0.29) is 17.0 Å². The van der Waals surface area contributed by atoms with E-state index in [4.69, 9.17) is 16.3 Å². The lowest BCUT2D eigenvalue weighted by atomic mass is 10.1. The summed E-state index contributed by atoms with van der Waals surface area (Å²) in [5.74, 6) is -2.47. The van der Waals surface area contributed by atoms with E-state index in [2.05, 4.69) is 11.9 Å². The largest absolute Gasteiger partial charge is 0.479 e. The molecule has 0 saturated heterocycles. The minimum atomic E-state index is -1.33. The van der Waals surface area contributed by atoms with E-state index < -0.39 is 23.7 Å². The van der Waals surface area contributed by atoms with E-state index in [0.29, 0.717) is 19.6 Å². The van der Waals surface area contributed by atoms with Crippen molar-refractivity contribution >= 4 is 23.5 Å². The number of carboxylic acid groups (broad SMARTS) is 1. The van der Waals surface area contributed by atoms with E-state index >= 15 is 0 Å². The first-order chi connectivity index (χ1) is 10.5. The molecule has 22 heavy (non-hydrogen) atoms. The molecule has 120 valence electrons. The fraction of sp³-hybridized carbons (Fsp3) is 0.333. The molecule has 0 fully saturated rings. The van der Waals surface area contributed by atoms with Gasteiger partial charge >= 0.3 is 5.97 Å². The summed E-state index contributed by atoms with van der Waals surface area (Å²) in [5.41, 5.74) is 0.116. The summed E-state index contributed by atoms with van der Waals surface area (Å²) in [6, 6.07) is 2.28. The van der Waals surface area contributed by atoms with Gasteiger partial charge in [0, 0.05) is 13.0 Å². The van der Waals surface area contributed by atoms with Gasteiger partial charge in [0.1, 0.15) is 5.82 Å². The molecule has 1 unspecified atom stereocenters. The van der Waals surface area contributed by atoms with Crippen LogP contribution in [-0.2, 0) is 14.3 Å². The molecule has 2 N–H and O–H groups in total. The Hall–Kier alpha value is -1.92. The van der Waals surface area contributed by atoms with Gasteiger partial charge in [-0.3, -0.25) is 4.79 Å². The van der Waals surface area contributed by atoms with Crippen molar-refractivity contribution in [1.29, 1.82) is 0 Å². The molecule has 0 spiro atoms. The maximum Gasteiger partial charge on any atom is 0.330 e. The van der Waals surface area contributed by atoms with Crippen LogP contribution in [0.5, 0.6) is 0 Å². The Morgan fingerprint density at radius 1 is 1.50 bits per heavy atom. The third-order valence-corrected chi connectivity index (χ3v) is 3.06. The molecular formula is C15H17ClFNO4. The number of carboxylic acids is 1. The molecule has 7 heteroatoms. The average molecular weight is 330 g/mol. The monoisotopic (exact) mass is 329 g/mol. The zero-order chi connectivity index (χ0) is 16.5. The molecule has 0 aliphatic heterocycles. The molecule has 1 rings (SSSR count). The van der Waals surface area contributed by atoms with E-state index in [0.717, 1.165) is 6.07 Å². The number of aliphatic carboxylic acids is 1. The van der Waals surface area contributed by atoms with Gasteiger partial charge in [0.05, 0.1) is 11.6 Å². The van der Waals surface area contributed by atoms with Crippen LogP contribution in [0.25, 0.3) is 0 Å². The zero-order valence-electron chi connectivity index (χ0n) is 11.9. The summed E-state index contributed by atoms with van der Waals surface area (Å²) in [5, 5.41) is 11.4. The summed E-state index contributed by atoms with van der Waals surface area (Å²) in [6.45, 7) is 4.25. The Morgan fingerprint density at radius 2 is 2.23 bits per heavy atom. The molecule has 1 amide bonds. The maximum atomic E-state index is 13.4. The number of halogens is 2. The fourth-order valence-electron chi connectivity index (χ4n) is 1.71. The van der Waals surface area contributed by atoms with E-state index in [1.165, 1.54) is 12.1 Å². The van der Waals surface area contributed by atoms with Crippen LogP contribution in [0.15, 0.2) is 30.9 Å². The maximum absolute atomic E-state index is 13.4. The molecule has 0 aliphatic rings. The quantitative estimate of drug-likeness (QED) is 0.539. The second-order valence-corrected chi connectivity index (χ2v) is 4.89. The smallest absolute Gasteiger partial charge is 0.330 e. The Labute approximate surface area is 132 Å². The molecule has 0 saturated carbocycles. The van der Waals surface area contributed by atoms with Crippen molar-refractivity contribution in [3.63, 3.8) is 0 Å². The third-order valence-electron chi connectivity index (χ3n) is 2.76. The molecule has 0 radical (unpaired) electrons. The van der Waals surface area contributed by atoms with Gasteiger partial charge < -0.3 is 15.2 Å². The molecule has 5 nitrogen and oxygen atoms in total. The third kappa shape index (κ3) is 5.83. The Morgan fingerprint density at radius 3 is 2.82 bits per heavy atom. The fourth-order valence-corrected chi connectivity index (χ4v) is 1.83. The van der Waals surface area contributed by atoms with Gasteiger partial charge in [-0.05, 0) is 24.1 Å². The van der Waals surface area contributed by atoms with Gasteiger partial charge in [0.2, 0.25) is 5.91 Å². The number of benzene rings is 1. The molecule has 0 heterocycles. The van der Waals surface area contributed by atoms with Crippen molar-refractivity contribution in [1.82, 2.24) is 5.32 Å². The average Bonchev–Trinajstić information content (AvgIpc) is 2.47. The van der Waals surface area contributed by atoms with Gasteiger partial charge in [-0.15, -0.1) is 6.58 Å². The number of amides is 1. The highest BCUT2D eigenvalue weighted by Crippen LogP contribution is 2.20. The summed E-state index contributed by atoms with van der Waals surface area (Å²) in [7, 11) is 0. The van der Waals surface area contributed by atoms with Gasteiger partial charge in [-0.2, -0.15) is 0 Å². The molecule has 0 aliphatic carbocycles. The molecule has 1 aromatic rings. The Bertz CT molecular complexity index is 550. The summed E-state index contributed by atoms with van der Waals surface area (Å²) < 4.78 is 18.5. The lowest BCUT2D eigenvalue weighted by Crippen LogP contribution is -2.33. The molecular weight excluding hydrogens is 313 g/mol. The molecule has 0 bridgehead atoms. The SMILES string of the molecule is C=CCOCCCC(=O)NC(C(=O)O)c1ccc(Cl)c(F)c1. The topological polar surface area (TPSA) is 75.6 Å². The molecule has 1 atom stereocenters. The van der Waals surface area contributed by atoms with Crippen LogP contribution in [-0.4, -0.2) is 30.2 Å². The van der Waals surface area contributed by atoms with Crippen molar-refractivity contribution in [2.24, 2.45) is 0 Å². The lowest BCUT2D eigenvalue weighted by molar-refractivity contribution is -0.142. The number of hydrogen-bond donors (Lipinski definition) is 2. The van der Waals surface area contributed by atoms with Gasteiger partial charge in [-0.25, -0.2) is 9.18 Å². The van der Waals surface area contributed by atoms with Crippen LogP contribution >= 0.6 is 11.6 Å². The highest BCUT2D eigenvalue weighted by atomic mass is 35.5. The number of rotatable bonds is 9. The van der Waals surface area contributed by atoms with Crippen molar-refractivity contribution in [3.05, 3.63) is 47.3 Å². The van der Waals surface area contributed by atoms with Crippen LogP contribution in [0, 0.1) is 5.82 Å². The van der Waals surface area contributed by atoms with Crippen molar-refractivity contribution in [2.45, 2.75) is 18.9 Å². The number of ether oxygens (including phenoxy) is 1. The first-order valence-corrected chi connectivity index (χ1v) is 6.99. The van der Waals surface area contributed by atoms with Crippen molar-refractivity contribution in [3.8, 4) is 0 Å². The normalized spacial score (nSPS) is 11.7. The first kappa shape index (κ1) is 18.1. The molecule has 0 aromatic heterocycles. The van der Waals surface area contributed by atoms with Crippen LogP contribution < -0.4 is 5.32 Å². The van der Waals surface area contributed by atoms with Crippen molar-refractivity contribution < 1.29 is 23.8 Å². The highest BCUT2D eigenvalue weighted by molar-refractivity contribution is 6.30. The predicted octanol–water partition coefficient (Wildman–Crippen LogP) is 2.70. The second kappa shape index (κ2) is 9.17. The van der Waals surface area contributed by atoms with Crippen LogP contribution in [0.2, 0.25) is 5.02 Å². The second-order valence-electron chi connectivity index (χ2n) is 4.48. The van der Waals surface area contributed by atoms with Gasteiger partial charge in [0.15, 0.2) is 6.04 Å². The van der Waals surface area contributed by atoms with E-state index in [9.17, 15) is 19.1 Å². The lowest BCUT2D eigenvalue weighted by Gasteiger charge is -2.15. The standard InChI is InChI=1S/C15H17ClFNO4/c1-2-7-22-8-3-4-13(19)18-14(15(20)21)10-5-6-11(16)12(17)9-10/h2,5-6,9,14H,1,3-4,7-8H2,(H,18,19)(H,20,21). The summed E-state index contributed by atoms with van der Waals surface area (Å²) in [6.07, 6.45) is 2.15. The minimum absolute atomic E-state index is 0.108. The summed E-state index contributed by atoms with van der Waals surface area (Å²) >= 11 is 5.55. The van der Waals surface area contributed by atoms with Crippen LogP contribution in [0.4, 0.5) is 4.39 Å². The van der Waals surface area contributed by atoms with Crippen molar-refractivity contribution in [2.75, 3.05) is 13.2 Å². The highest BCUT2D eigenvalue weighted by Gasteiger charge is 2.22. The zero-order valence-corrected chi connectivity index (χ0v) is 12.6. The van der Waals surface area contributed by atoms with Crippen LogP contribution in [0.3, 0.4) is 0 Å². The first-order valence-electron chi connectivity index (χ1n) is 6.61. The minimum Gasteiger partial charge on any atom is -0.479 e. The van der Waals surface area contributed by atoms with E-state index in [1.54, 1.807) is 6.08 Å². The van der Waals surface area contributed by atoms with Crippen LogP contribution in [0.1, 0.15) is 24.4 Å². The number of hydrogen-bond acceptors (Lipinski definition) is 3. The number of carbonyl (C=O) groups excluding carboxylic acids is 1.